The summed E-state index contributed by atoms with van der Waals surface area (Å²) in [5, 5.41) is 0. The lowest BCUT2D eigenvalue weighted by Gasteiger charge is -2.34. The molecule has 0 spiro atoms. The molecule has 0 N–H and O–H groups in total. The van der Waals surface area contributed by atoms with Gasteiger partial charge in [-0.25, -0.2) is 0 Å². The Morgan fingerprint density at radius 3 is 2.46 bits per heavy atom. The normalized spacial score (nSPS) is 24.8. The second-order valence-electron chi connectivity index (χ2n) is 4.22. The molecule has 1 fully saturated rings. The van der Waals surface area contributed by atoms with E-state index in [1.807, 2.05) is 13.0 Å². The van der Waals surface area contributed by atoms with Crippen molar-refractivity contribution in [3.05, 3.63) is 11.6 Å². The zero-order chi connectivity index (χ0) is 9.90. The van der Waals surface area contributed by atoms with Crippen molar-refractivity contribution in [2.45, 2.75) is 27.1 Å². The van der Waals surface area contributed by atoms with Crippen LogP contribution in [0.5, 0.6) is 0 Å². The van der Waals surface area contributed by atoms with Gasteiger partial charge in [-0.15, -0.1) is 11.6 Å². The number of allylic oxidation sites excluding steroid dienone is 1. The molecule has 1 aliphatic rings. The van der Waals surface area contributed by atoms with Crippen LogP contribution in [0.4, 0.5) is 0 Å². The minimum Gasteiger partial charge on any atom is -0.348 e. The first-order valence-electron chi connectivity index (χ1n) is 4.51. The van der Waals surface area contributed by atoms with Gasteiger partial charge in [0.25, 0.3) is 0 Å². The summed E-state index contributed by atoms with van der Waals surface area (Å²) in [6.07, 6.45) is 1.73. The molecule has 0 radical (unpaired) electrons. The molecule has 0 saturated carbocycles. The van der Waals surface area contributed by atoms with E-state index in [0.29, 0.717) is 5.88 Å². The van der Waals surface area contributed by atoms with Gasteiger partial charge in [0.2, 0.25) is 0 Å². The summed E-state index contributed by atoms with van der Waals surface area (Å²) in [7, 11) is 0. The first-order valence-corrected chi connectivity index (χ1v) is 5.04. The van der Waals surface area contributed by atoms with E-state index < -0.39 is 0 Å². The standard InChI is InChI=1S/C10H17ClO2/c1-8(4-5-11)9-12-6-10(2,3)7-13-9/h4,9H,5-7H2,1-3H3/b8-4+. The molecule has 0 aromatic carbocycles. The third-order valence-electron chi connectivity index (χ3n) is 2.02. The molecule has 0 bridgehead atoms. The van der Waals surface area contributed by atoms with E-state index in [2.05, 4.69) is 13.8 Å². The van der Waals surface area contributed by atoms with Crippen molar-refractivity contribution >= 4 is 11.6 Å². The zero-order valence-electron chi connectivity index (χ0n) is 8.47. The molecule has 1 aliphatic heterocycles. The van der Waals surface area contributed by atoms with E-state index in [1.165, 1.54) is 0 Å². The van der Waals surface area contributed by atoms with Crippen LogP contribution in [-0.2, 0) is 9.47 Å². The van der Waals surface area contributed by atoms with E-state index in [4.69, 9.17) is 21.1 Å². The van der Waals surface area contributed by atoms with Gasteiger partial charge >= 0.3 is 0 Å². The maximum atomic E-state index is 5.58. The van der Waals surface area contributed by atoms with Gasteiger partial charge < -0.3 is 9.47 Å². The van der Waals surface area contributed by atoms with Crippen molar-refractivity contribution in [2.24, 2.45) is 5.41 Å². The molecule has 0 atom stereocenters. The molecule has 1 saturated heterocycles. The van der Waals surface area contributed by atoms with E-state index in [9.17, 15) is 0 Å². The van der Waals surface area contributed by atoms with Gasteiger partial charge in [0, 0.05) is 11.3 Å². The molecule has 0 unspecified atom stereocenters. The number of rotatable bonds is 2. The Bertz CT molecular complexity index is 189. The molecule has 0 aliphatic carbocycles. The summed E-state index contributed by atoms with van der Waals surface area (Å²) in [6.45, 7) is 7.72. The van der Waals surface area contributed by atoms with Crippen molar-refractivity contribution in [3.63, 3.8) is 0 Å². The predicted octanol–water partition coefficient (Wildman–Crippen LogP) is 2.57. The SMILES string of the molecule is C/C(=C\CCl)C1OCC(C)(C)CO1. The number of hydrogen-bond acceptors (Lipinski definition) is 2. The van der Waals surface area contributed by atoms with Crippen LogP contribution in [0.1, 0.15) is 20.8 Å². The fourth-order valence-corrected chi connectivity index (χ4v) is 1.42. The fourth-order valence-electron chi connectivity index (χ4n) is 1.17. The highest BCUT2D eigenvalue weighted by Crippen LogP contribution is 2.25. The lowest BCUT2D eigenvalue weighted by Crippen LogP contribution is -2.38. The summed E-state index contributed by atoms with van der Waals surface area (Å²) in [6, 6.07) is 0. The van der Waals surface area contributed by atoms with Crippen LogP contribution in [0, 0.1) is 5.41 Å². The Labute approximate surface area is 84.9 Å². The van der Waals surface area contributed by atoms with Gasteiger partial charge in [-0.1, -0.05) is 19.9 Å². The van der Waals surface area contributed by atoms with Gasteiger partial charge in [-0.05, 0) is 12.5 Å². The van der Waals surface area contributed by atoms with Crippen LogP contribution in [0.2, 0.25) is 0 Å². The van der Waals surface area contributed by atoms with Crippen LogP contribution in [0.3, 0.4) is 0 Å². The van der Waals surface area contributed by atoms with Crippen molar-refractivity contribution < 1.29 is 9.47 Å². The maximum absolute atomic E-state index is 5.58. The topological polar surface area (TPSA) is 18.5 Å². The molecule has 13 heavy (non-hydrogen) atoms. The number of hydrogen-bond donors (Lipinski definition) is 0. The fraction of sp³-hybridized carbons (Fsp3) is 0.800. The van der Waals surface area contributed by atoms with Crippen LogP contribution < -0.4 is 0 Å². The minimum atomic E-state index is -0.188. The van der Waals surface area contributed by atoms with Crippen molar-refractivity contribution in [1.29, 1.82) is 0 Å². The molecule has 1 heterocycles. The van der Waals surface area contributed by atoms with Crippen molar-refractivity contribution in [2.75, 3.05) is 19.1 Å². The Morgan fingerprint density at radius 1 is 1.46 bits per heavy atom. The van der Waals surface area contributed by atoms with Gasteiger partial charge in [0.1, 0.15) is 0 Å². The van der Waals surface area contributed by atoms with Crippen LogP contribution in [0.15, 0.2) is 11.6 Å². The number of ether oxygens (including phenoxy) is 2. The summed E-state index contributed by atoms with van der Waals surface area (Å²) < 4.78 is 11.1. The molecule has 2 nitrogen and oxygen atoms in total. The van der Waals surface area contributed by atoms with Gasteiger partial charge in [-0.2, -0.15) is 0 Å². The van der Waals surface area contributed by atoms with Gasteiger partial charge in [0.05, 0.1) is 13.2 Å². The minimum absolute atomic E-state index is 0.137. The second kappa shape index (κ2) is 4.45. The Hall–Kier alpha value is -0.0500. The molecule has 1 rings (SSSR count). The largest absolute Gasteiger partial charge is 0.348 e. The number of alkyl halides is 1. The van der Waals surface area contributed by atoms with Crippen LogP contribution >= 0.6 is 11.6 Å². The van der Waals surface area contributed by atoms with Crippen LogP contribution in [0.25, 0.3) is 0 Å². The molecule has 76 valence electrons. The summed E-state index contributed by atoms with van der Waals surface area (Å²) in [5.74, 6) is 0.512. The summed E-state index contributed by atoms with van der Waals surface area (Å²) >= 11 is 5.58. The molecule has 0 aromatic heterocycles. The molecule has 0 aromatic rings. The monoisotopic (exact) mass is 204 g/mol. The van der Waals surface area contributed by atoms with E-state index in [0.717, 1.165) is 18.8 Å². The van der Waals surface area contributed by atoms with E-state index in [1.54, 1.807) is 0 Å². The van der Waals surface area contributed by atoms with Crippen LogP contribution in [-0.4, -0.2) is 25.4 Å². The zero-order valence-corrected chi connectivity index (χ0v) is 9.23. The van der Waals surface area contributed by atoms with E-state index in [-0.39, 0.29) is 11.7 Å². The highest BCUT2D eigenvalue weighted by molar-refractivity contribution is 6.18. The summed E-state index contributed by atoms with van der Waals surface area (Å²) in [4.78, 5) is 0. The average molecular weight is 205 g/mol. The Kier molecular flexibility index (Phi) is 3.77. The quantitative estimate of drug-likeness (QED) is 0.509. The first kappa shape index (κ1) is 11.0. The highest BCUT2D eigenvalue weighted by atomic mass is 35.5. The maximum Gasteiger partial charge on any atom is 0.179 e. The lowest BCUT2D eigenvalue weighted by molar-refractivity contribution is -0.202. The molecule has 0 amide bonds. The molecular weight excluding hydrogens is 188 g/mol. The second-order valence-corrected chi connectivity index (χ2v) is 4.53. The summed E-state index contributed by atoms with van der Waals surface area (Å²) in [5.41, 5.74) is 1.20. The molecule has 3 heteroatoms. The van der Waals surface area contributed by atoms with Crippen molar-refractivity contribution in [1.82, 2.24) is 0 Å². The lowest BCUT2D eigenvalue weighted by atomic mass is 9.95. The van der Waals surface area contributed by atoms with Gasteiger partial charge in [0.15, 0.2) is 6.29 Å². The Balaban J connectivity index is 2.45. The van der Waals surface area contributed by atoms with Crippen molar-refractivity contribution in [3.8, 4) is 0 Å². The number of halogens is 1. The smallest absolute Gasteiger partial charge is 0.179 e. The third kappa shape index (κ3) is 3.29. The third-order valence-corrected chi connectivity index (χ3v) is 2.18. The first-order chi connectivity index (χ1) is 6.05. The highest BCUT2D eigenvalue weighted by Gasteiger charge is 2.28. The predicted molar refractivity (Wildman–Crippen MR) is 54.0 cm³/mol. The average Bonchev–Trinajstić information content (AvgIpc) is 2.04. The van der Waals surface area contributed by atoms with E-state index >= 15 is 0 Å². The Morgan fingerprint density at radius 2 is 2.00 bits per heavy atom. The van der Waals surface area contributed by atoms with Gasteiger partial charge in [-0.3, -0.25) is 0 Å². The molecular formula is C10H17ClO2.